The number of likely N-dealkylation sites (N-methyl/N-ethyl adjacent to an activating group) is 1. The number of amides is 1. The Morgan fingerprint density at radius 3 is 2.40 bits per heavy atom. The van der Waals surface area contributed by atoms with Crippen LogP contribution >= 0.6 is 0 Å². The molecule has 132 valence electrons. The number of halogens is 3. The molecule has 1 amide bonds. The monoisotopic (exact) mass is 349 g/mol. The Balaban J connectivity index is 2.05. The second-order valence-electron chi connectivity index (χ2n) is 5.59. The molecule has 0 spiro atoms. The van der Waals surface area contributed by atoms with Crippen molar-refractivity contribution in [2.75, 3.05) is 7.05 Å². The van der Waals surface area contributed by atoms with Gasteiger partial charge in [-0.1, -0.05) is 48.0 Å². The summed E-state index contributed by atoms with van der Waals surface area (Å²) >= 11 is 0. The van der Waals surface area contributed by atoms with E-state index in [1.54, 1.807) is 12.1 Å². The first-order chi connectivity index (χ1) is 11.7. The molecule has 0 bridgehead atoms. The fourth-order valence-electron chi connectivity index (χ4n) is 2.16. The molecule has 3 nitrogen and oxygen atoms in total. The van der Waals surface area contributed by atoms with Gasteiger partial charge in [0.1, 0.15) is 5.75 Å². The predicted octanol–water partition coefficient (Wildman–Crippen LogP) is 4.57. The summed E-state index contributed by atoms with van der Waals surface area (Å²) in [6, 6.07) is 13.4. The lowest BCUT2D eigenvalue weighted by Crippen LogP contribution is -2.25. The molecule has 0 fully saturated rings. The van der Waals surface area contributed by atoms with Crippen molar-refractivity contribution in [1.29, 1.82) is 0 Å². The summed E-state index contributed by atoms with van der Waals surface area (Å²) in [6.45, 7) is 1.97. The van der Waals surface area contributed by atoms with E-state index >= 15 is 0 Å². The molecule has 0 heterocycles. The number of carbonyl (C=O) groups is 1. The van der Waals surface area contributed by atoms with Crippen molar-refractivity contribution in [3.8, 4) is 5.75 Å². The Kier molecular flexibility index (Phi) is 5.85. The average molecular weight is 349 g/mol. The van der Waals surface area contributed by atoms with Gasteiger partial charge in [-0.15, -0.1) is 13.2 Å². The molecule has 0 saturated heterocycles. The van der Waals surface area contributed by atoms with Crippen LogP contribution in [0.3, 0.4) is 0 Å². The number of carbonyl (C=O) groups excluding carboxylic acids is 1. The normalized spacial score (nSPS) is 11.6. The third kappa shape index (κ3) is 5.99. The van der Waals surface area contributed by atoms with Gasteiger partial charge in [-0.05, 0) is 24.6 Å². The van der Waals surface area contributed by atoms with Gasteiger partial charge >= 0.3 is 6.36 Å². The van der Waals surface area contributed by atoms with Gasteiger partial charge in [0.25, 0.3) is 0 Å². The SMILES string of the molecule is Cc1ccc(/C=C/C(=O)N(C)Cc2ccccc2OC(F)(F)F)cc1. The van der Waals surface area contributed by atoms with Crippen LogP contribution in [0.1, 0.15) is 16.7 Å². The van der Waals surface area contributed by atoms with E-state index in [-0.39, 0.29) is 23.8 Å². The van der Waals surface area contributed by atoms with Crippen molar-refractivity contribution in [2.45, 2.75) is 19.8 Å². The number of aryl methyl sites for hydroxylation is 1. The molecule has 0 unspecified atom stereocenters. The van der Waals surface area contributed by atoms with Crippen LogP contribution in [0.15, 0.2) is 54.6 Å². The lowest BCUT2D eigenvalue weighted by molar-refractivity contribution is -0.275. The molecule has 0 N–H and O–H groups in total. The first kappa shape index (κ1) is 18.6. The fourth-order valence-corrected chi connectivity index (χ4v) is 2.16. The minimum Gasteiger partial charge on any atom is -0.405 e. The Bertz CT molecular complexity index is 752. The molecule has 25 heavy (non-hydrogen) atoms. The number of benzene rings is 2. The number of nitrogens with zero attached hydrogens (tertiary/aromatic N) is 1. The van der Waals surface area contributed by atoms with E-state index in [4.69, 9.17) is 0 Å². The second-order valence-corrected chi connectivity index (χ2v) is 5.59. The van der Waals surface area contributed by atoms with Crippen LogP contribution in [0.5, 0.6) is 5.75 Å². The summed E-state index contributed by atoms with van der Waals surface area (Å²) in [4.78, 5) is 13.5. The number of hydrogen-bond acceptors (Lipinski definition) is 2. The number of para-hydroxylation sites is 1. The summed E-state index contributed by atoms with van der Waals surface area (Å²) in [5.41, 5.74) is 2.26. The Hall–Kier alpha value is -2.76. The Morgan fingerprint density at radius 1 is 1.12 bits per heavy atom. The summed E-state index contributed by atoms with van der Waals surface area (Å²) in [5, 5.41) is 0. The lowest BCUT2D eigenvalue weighted by Gasteiger charge is -2.18. The molecule has 0 atom stereocenters. The van der Waals surface area contributed by atoms with Crippen LogP contribution < -0.4 is 4.74 Å². The van der Waals surface area contributed by atoms with Gasteiger partial charge in [0.05, 0.1) is 0 Å². The molecular weight excluding hydrogens is 331 g/mol. The van der Waals surface area contributed by atoms with Gasteiger partial charge in [-0.25, -0.2) is 0 Å². The van der Waals surface area contributed by atoms with E-state index in [2.05, 4.69) is 4.74 Å². The lowest BCUT2D eigenvalue weighted by atomic mass is 10.1. The van der Waals surface area contributed by atoms with Crippen LogP contribution in [0.25, 0.3) is 6.08 Å². The molecule has 2 aromatic carbocycles. The molecule has 0 aliphatic rings. The molecule has 0 aliphatic heterocycles. The van der Waals surface area contributed by atoms with Gasteiger partial charge in [0, 0.05) is 25.2 Å². The smallest absolute Gasteiger partial charge is 0.405 e. The van der Waals surface area contributed by atoms with Crippen molar-refractivity contribution >= 4 is 12.0 Å². The van der Waals surface area contributed by atoms with Crippen LogP contribution in [-0.2, 0) is 11.3 Å². The van der Waals surface area contributed by atoms with E-state index in [9.17, 15) is 18.0 Å². The topological polar surface area (TPSA) is 29.5 Å². The van der Waals surface area contributed by atoms with Gasteiger partial charge < -0.3 is 9.64 Å². The summed E-state index contributed by atoms with van der Waals surface area (Å²) in [5.74, 6) is -0.625. The van der Waals surface area contributed by atoms with Gasteiger partial charge in [0.2, 0.25) is 5.91 Å². The Morgan fingerprint density at radius 2 is 1.76 bits per heavy atom. The maximum Gasteiger partial charge on any atom is 0.573 e. The highest BCUT2D eigenvalue weighted by molar-refractivity contribution is 5.91. The van der Waals surface area contributed by atoms with Crippen molar-refractivity contribution < 1.29 is 22.7 Å². The molecule has 0 aliphatic carbocycles. The number of rotatable bonds is 5. The minimum atomic E-state index is -4.77. The quantitative estimate of drug-likeness (QED) is 0.741. The summed E-state index contributed by atoms with van der Waals surface area (Å²) in [6.07, 6.45) is -1.72. The average Bonchev–Trinajstić information content (AvgIpc) is 2.54. The van der Waals surface area contributed by atoms with Crippen LogP contribution in [0.2, 0.25) is 0 Å². The standard InChI is InChI=1S/C19H18F3NO2/c1-14-7-9-15(10-8-14)11-12-18(24)23(2)13-16-5-3-4-6-17(16)25-19(20,21)22/h3-12H,13H2,1-2H3/b12-11+. The van der Waals surface area contributed by atoms with E-state index < -0.39 is 6.36 Å². The van der Waals surface area contributed by atoms with Crippen molar-refractivity contribution in [3.63, 3.8) is 0 Å². The van der Waals surface area contributed by atoms with Crippen LogP contribution in [-0.4, -0.2) is 24.2 Å². The van der Waals surface area contributed by atoms with E-state index in [1.165, 1.54) is 36.2 Å². The van der Waals surface area contributed by atoms with Crippen molar-refractivity contribution in [3.05, 3.63) is 71.3 Å². The summed E-state index contributed by atoms with van der Waals surface area (Å²) in [7, 11) is 1.52. The molecule has 0 aromatic heterocycles. The number of alkyl halides is 3. The third-order valence-electron chi connectivity index (χ3n) is 3.48. The largest absolute Gasteiger partial charge is 0.573 e. The van der Waals surface area contributed by atoms with Gasteiger partial charge in [-0.3, -0.25) is 4.79 Å². The van der Waals surface area contributed by atoms with Crippen molar-refractivity contribution in [1.82, 2.24) is 4.90 Å². The number of hydrogen-bond donors (Lipinski definition) is 0. The Labute approximate surface area is 144 Å². The van der Waals surface area contributed by atoms with Gasteiger partial charge in [0.15, 0.2) is 0 Å². The fraction of sp³-hybridized carbons (Fsp3) is 0.211. The maximum atomic E-state index is 12.4. The highest BCUT2D eigenvalue weighted by atomic mass is 19.4. The highest BCUT2D eigenvalue weighted by Crippen LogP contribution is 2.27. The van der Waals surface area contributed by atoms with E-state index in [0.717, 1.165) is 11.1 Å². The van der Waals surface area contributed by atoms with Gasteiger partial charge in [-0.2, -0.15) is 0 Å². The molecule has 2 aromatic rings. The van der Waals surface area contributed by atoms with Crippen molar-refractivity contribution in [2.24, 2.45) is 0 Å². The third-order valence-corrected chi connectivity index (χ3v) is 3.48. The zero-order valence-electron chi connectivity index (χ0n) is 13.9. The summed E-state index contributed by atoms with van der Waals surface area (Å²) < 4.78 is 41.3. The highest BCUT2D eigenvalue weighted by Gasteiger charge is 2.32. The van der Waals surface area contributed by atoms with E-state index in [0.29, 0.717) is 0 Å². The first-order valence-corrected chi connectivity index (χ1v) is 7.58. The second kappa shape index (κ2) is 7.88. The molecule has 0 radical (unpaired) electrons. The zero-order chi connectivity index (χ0) is 18.4. The molecule has 6 heteroatoms. The van der Waals surface area contributed by atoms with Crippen LogP contribution in [0.4, 0.5) is 13.2 Å². The zero-order valence-corrected chi connectivity index (χ0v) is 13.9. The molecule has 2 rings (SSSR count). The molecular formula is C19H18F3NO2. The van der Waals surface area contributed by atoms with E-state index in [1.807, 2.05) is 31.2 Å². The first-order valence-electron chi connectivity index (χ1n) is 7.58. The minimum absolute atomic E-state index is 0.00330. The predicted molar refractivity (Wildman–Crippen MR) is 89.8 cm³/mol. The number of ether oxygens (including phenoxy) is 1. The molecule has 0 saturated carbocycles. The maximum absolute atomic E-state index is 12.4. The van der Waals surface area contributed by atoms with Crippen LogP contribution in [0, 0.1) is 6.92 Å².